The van der Waals surface area contributed by atoms with Crippen molar-refractivity contribution in [1.29, 1.82) is 0 Å². The van der Waals surface area contributed by atoms with Gasteiger partial charge in [0, 0.05) is 31.2 Å². The summed E-state index contributed by atoms with van der Waals surface area (Å²) in [6.07, 6.45) is 2.52. The van der Waals surface area contributed by atoms with Crippen molar-refractivity contribution < 1.29 is 22.6 Å². The molecular weight excluding hydrogens is 466 g/mol. The molecule has 2 aromatic carbocycles. The highest BCUT2D eigenvalue weighted by Crippen LogP contribution is 2.33. The van der Waals surface area contributed by atoms with Gasteiger partial charge in [-0.3, -0.25) is 0 Å². The second-order valence-electron chi connectivity index (χ2n) is 7.53. The molecule has 0 bridgehead atoms. The lowest BCUT2D eigenvalue weighted by Gasteiger charge is -2.16. The Morgan fingerprint density at radius 3 is 2.48 bits per heavy atom. The number of nitrogens with one attached hydrogen (secondary N) is 1. The quantitative estimate of drug-likeness (QED) is 0.377. The number of H-pyrrole nitrogens is 1. The molecular formula is C23H22ClN3O5S. The summed E-state index contributed by atoms with van der Waals surface area (Å²) in [6.45, 7) is 2.31. The van der Waals surface area contributed by atoms with Crippen LogP contribution in [0.4, 0.5) is 0 Å². The van der Waals surface area contributed by atoms with Crippen molar-refractivity contribution in [3.05, 3.63) is 59.8 Å². The summed E-state index contributed by atoms with van der Waals surface area (Å²) in [7, 11) is -1.68. The third kappa shape index (κ3) is 5.62. The van der Waals surface area contributed by atoms with Crippen LogP contribution in [0, 0.1) is 0 Å². The topological polar surface area (TPSA) is 103 Å². The van der Waals surface area contributed by atoms with E-state index >= 15 is 0 Å². The average molecular weight is 488 g/mol. The molecule has 0 radical (unpaired) electrons. The molecule has 0 aliphatic carbocycles. The molecule has 4 aromatic rings. The van der Waals surface area contributed by atoms with Crippen LogP contribution in [-0.4, -0.2) is 49.4 Å². The van der Waals surface area contributed by atoms with Crippen molar-refractivity contribution in [3.63, 3.8) is 0 Å². The molecule has 0 amide bonds. The summed E-state index contributed by atoms with van der Waals surface area (Å²) >= 11 is 6.03. The Hall–Kier alpha value is -3.14. The zero-order valence-corrected chi connectivity index (χ0v) is 19.8. The second-order valence-corrected chi connectivity index (χ2v) is 9.98. The van der Waals surface area contributed by atoms with Gasteiger partial charge in [0.25, 0.3) is 0 Å². The van der Waals surface area contributed by atoms with Gasteiger partial charge in [-0.1, -0.05) is 11.6 Å². The first-order valence-electron chi connectivity index (χ1n) is 10.0. The maximum absolute atomic E-state index is 11.7. The van der Waals surface area contributed by atoms with E-state index < -0.39 is 9.84 Å². The molecule has 8 nitrogen and oxygen atoms in total. The van der Waals surface area contributed by atoms with E-state index in [1.54, 1.807) is 43.6 Å². The number of halogens is 1. The van der Waals surface area contributed by atoms with Crippen LogP contribution in [0.1, 0.15) is 6.92 Å². The van der Waals surface area contributed by atoms with Crippen LogP contribution in [0.5, 0.6) is 17.2 Å². The van der Waals surface area contributed by atoms with Gasteiger partial charge < -0.3 is 19.2 Å². The van der Waals surface area contributed by atoms with Crippen molar-refractivity contribution in [3.8, 4) is 28.6 Å². The van der Waals surface area contributed by atoms with Gasteiger partial charge >= 0.3 is 0 Å². The molecule has 2 aromatic heterocycles. The second kappa shape index (κ2) is 9.38. The van der Waals surface area contributed by atoms with Crippen molar-refractivity contribution in [1.82, 2.24) is 15.0 Å². The fraction of sp³-hybridized carbons (Fsp3) is 0.217. The van der Waals surface area contributed by atoms with Crippen molar-refractivity contribution >= 4 is 32.6 Å². The first-order chi connectivity index (χ1) is 15.7. The fourth-order valence-corrected chi connectivity index (χ4v) is 4.02. The van der Waals surface area contributed by atoms with Gasteiger partial charge in [0.1, 0.15) is 34.7 Å². The summed E-state index contributed by atoms with van der Waals surface area (Å²) < 4.78 is 40.6. The number of imidazole rings is 1. The van der Waals surface area contributed by atoms with Crippen LogP contribution in [0.2, 0.25) is 5.02 Å². The van der Waals surface area contributed by atoms with E-state index in [1.807, 2.05) is 13.0 Å². The number of ether oxygens (including phenoxy) is 3. The lowest BCUT2D eigenvalue weighted by molar-refractivity contribution is 0.0920. The minimum atomic E-state index is -3.29. The Morgan fingerprint density at radius 2 is 1.79 bits per heavy atom. The lowest BCUT2D eigenvalue weighted by Crippen LogP contribution is -2.17. The number of aromatic nitrogens is 3. The number of fused-ring (bicyclic) bond motifs is 1. The highest BCUT2D eigenvalue weighted by Gasteiger charge is 2.14. The number of pyridine rings is 1. The summed E-state index contributed by atoms with van der Waals surface area (Å²) in [4.78, 5) is 12.2. The number of nitrogens with zero attached hydrogens (tertiary/aromatic N) is 2. The van der Waals surface area contributed by atoms with Crippen LogP contribution >= 0.6 is 11.6 Å². The average Bonchev–Trinajstić information content (AvgIpc) is 3.17. The normalized spacial score (nSPS) is 12.6. The Bertz CT molecular complexity index is 1390. The molecule has 2 heterocycles. The minimum Gasteiger partial charge on any atom is -0.488 e. The molecule has 4 rings (SSSR count). The summed E-state index contributed by atoms with van der Waals surface area (Å²) in [5.74, 6) is 2.10. The van der Waals surface area contributed by atoms with Gasteiger partial charge in [-0.2, -0.15) is 0 Å². The van der Waals surface area contributed by atoms with E-state index in [2.05, 4.69) is 15.0 Å². The van der Waals surface area contributed by atoms with E-state index in [-0.39, 0.29) is 11.0 Å². The van der Waals surface area contributed by atoms with Gasteiger partial charge in [0.05, 0.1) is 16.5 Å². The molecule has 1 N–H and O–H groups in total. The lowest BCUT2D eigenvalue weighted by atomic mass is 10.2. The Kier molecular flexibility index (Phi) is 6.55. The van der Waals surface area contributed by atoms with Crippen LogP contribution in [0.15, 0.2) is 59.6 Å². The van der Waals surface area contributed by atoms with E-state index in [9.17, 15) is 8.42 Å². The van der Waals surface area contributed by atoms with Crippen LogP contribution in [0.3, 0.4) is 0 Å². The number of hydrogen-bond donors (Lipinski definition) is 1. The van der Waals surface area contributed by atoms with Crippen LogP contribution in [0.25, 0.3) is 22.6 Å². The van der Waals surface area contributed by atoms with Gasteiger partial charge in [0.15, 0.2) is 15.5 Å². The van der Waals surface area contributed by atoms with Crippen molar-refractivity contribution in [2.75, 3.05) is 20.0 Å². The molecule has 0 saturated carbocycles. The molecule has 0 spiro atoms. The van der Waals surface area contributed by atoms with Gasteiger partial charge in [-0.05, 0) is 49.4 Å². The highest BCUT2D eigenvalue weighted by atomic mass is 35.5. The third-order valence-corrected chi connectivity index (χ3v) is 6.02. The van der Waals surface area contributed by atoms with Gasteiger partial charge in [-0.25, -0.2) is 18.4 Å². The SMILES string of the molecule is COC[C@H](C)Oc1cc(Oc2ccc(S(C)(=O)=O)cc2)cc(-c2nc3cc(Cl)cnc3[nH]2)c1. The van der Waals surface area contributed by atoms with E-state index in [0.717, 1.165) is 6.26 Å². The molecule has 172 valence electrons. The number of aromatic amines is 1. The van der Waals surface area contributed by atoms with E-state index in [4.69, 9.17) is 25.8 Å². The number of methoxy groups -OCH3 is 1. The molecule has 0 fully saturated rings. The van der Waals surface area contributed by atoms with Crippen LogP contribution < -0.4 is 9.47 Å². The zero-order chi connectivity index (χ0) is 23.6. The first kappa shape index (κ1) is 23.0. The molecule has 10 heteroatoms. The molecule has 1 atom stereocenters. The largest absolute Gasteiger partial charge is 0.488 e. The Morgan fingerprint density at radius 1 is 1.06 bits per heavy atom. The Balaban J connectivity index is 1.70. The van der Waals surface area contributed by atoms with Crippen molar-refractivity contribution in [2.24, 2.45) is 0 Å². The standard InChI is InChI=1S/C23H22ClN3O5S/c1-14(13-30-2)31-18-8-15(22-26-21-10-16(24)12-25-23(21)27-22)9-19(11-18)32-17-4-6-20(7-5-17)33(3,28)29/h4-12,14H,13H2,1-3H3,(H,25,26,27)/t14-/m0/s1. The maximum atomic E-state index is 11.7. The molecule has 0 aliphatic heterocycles. The third-order valence-electron chi connectivity index (χ3n) is 4.68. The predicted molar refractivity (Wildman–Crippen MR) is 126 cm³/mol. The van der Waals surface area contributed by atoms with E-state index in [1.165, 1.54) is 12.1 Å². The summed E-state index contributed by atoms with van der Waals surface area (Å²) in [6, 6.07) is 13.3. The number of benzene rings is 2. The minimum absolute atomic E-state index is 0.191. The zero-order valence-electron chi connectivity index (χ0n) is 18.2. The first-order valence-corrected chi connectivity index (χ1v) is 12.3. The van der Waals surface area contributed by atoms with Crippen LogP contribution in [-0.2, 0) is 14.6 Å². The summed E-state index contributed by atoms with van der Waals surface area (Å²) in [5.41, 5.74) is 1.96. The smallest absolute Gasteiger partial charge is 0.175 e. The summed E-state index contributed by atoms with van der Waals surface area (Å²) in [5, 5.41) is 0.493. The molecule has 33 heavy (non-hydrogen) atoms. The number of sulfone groups is 1. The molecule has 0 aliphatic rings. The van der Waals surface area contributed by atoms with Gasteiger partial charge in [-0.15, -0.1) is 0 Å². The molecule has 0 unspecified atom stereocenters. The molecule has 0 saturated heterocycles. The highest BCUT2D eigenvalue weighted by molar-refractivity contribution is 7.90. The maximum Gasteiger partial charge on any atom is 0.175 e. The van der Waals surface area contributed by atoms with Gasteiger partial charge in [0.2, 0.25) is 0 Å². The monoisotopic (exact) mass is 487 g/mol. The predicted octanol–water partition coefficient (Wildman–Crippen LogP) is 4.89. The van der Waals surface area contributed by atoms with Crippen molar-refractivity contribution in [2.45, 2.75) is 17.9 Å². The fourth-order valence-electron chi connectivity index (χ4n) is 3.23. The number of hydrogen-bond acceptors (Lipinski definition) is 7. The number of rotatable bonds is 8. The van der Waals surface area contributed by atoms with E-state index in [0.29, 0.717) is 51.4 Å². The Labute approximate surface area is 196 Å².